The third-order valence-corrected chi connectivity index (χ3v) is 3.75. The summed E-state index contributed by atoms with van der Waals surface area (Å²) in [7, 11) is 2.24. The number of imidazole rings is 1. The number of likely N-dealkylation sites (tertiary alicyclic amines) is 1. The minimum Gasteiger partial charge on any atom is -0.334 e. The molecule has 1 atom stereocenters. The van der Waals surface area contributed by atoms with Gasteiger partial charge < -0.3 is 14.8 Å². The van der Waals surface area contributed by atoms with Crippen LogP contribution in [0.1, 0.15) is 25.1 Å². The topological polar surface area (TPSA) is 33.1 Å². The van der Waals surface area contributed by atoms with Gasteiger partial charge in [-0.3, -0.25) is 0 Å². The molecular weight excluding hydrogens is 212 g/mol. The molecule has 1 saturated heterocycles. The largest absolute Gasteiger partial charge is 0.334 e. The van der Waals surface area contributed by atoms with E-state index in [9.17, 15) is 0 Å². The average Bonchev–Trinajstić information content (AvgIpc) is 2.73. The summed E-state index contributed by atoms with van der Waals surface area (Å²) in [5.41, 5.74) is 0. The van der Waals surface area contributed by atoms with Gasteiger partial charge in [0, 0.05) is 38.1 Å². The smallest absolute Gasteiger partial charge is 0.105 e. The van der Waals surface area contributed by atoms with E-state index in [1.54, 1.807) is 0 Å². The van der Waals surface area contributed by atoms with Gasteiger partial charge in [-0.25, -0.2) is 4.98 Å². The Bertz CT molecular complexity index is 334. The molecule has 1 aliphatic rings. The number of piperidine rings is 1. The van der Waals surface area contributed by atoms with E-state index in [1.165, 1.54) is 25.8 Å². The van der Waals surface area contributed by atoms with Crippen LogP contribution < -0.4 is 5.32 Å². The number of nitrogens with one attached hydrogen (secondary N) is 1. The monoisotopic (exact) mass is 236 g/mol. The molecule has 0 radical (unpaired) electrons. The van der Waals surface area contributed by atoms with Crippen molar-refractivity contribution in [3.05, 3.63) is 18.2 Å². The predicted octanol–water partition coefficient (Wildman–Crippen LogP) is 1.27. The second kappa shape index (κ2) is 6.17. The number of hydrogen-bond acceptors (Lipinski definition) is 3. The fourth-order valence-corrected chi connectivity index (χ4v) is 2.51. The van der Waals surface area contributed by atoms with Crippen molar-refractivity contribution in [1.82, 2.24) is 19.8 Å². The summed E-state index contributed by atoms with van der Waals surface area (Å²) < 4.78 is 2.19. The van der Waals surface area contributed by atoms with Crippen molar-refractivity contribution in [3.63, 3.8) is 0 Å². The number of hydrogen-bond donors (Lipinski definition) is 1. The van der Waals surface area contributed by atoms with Gasteiger partial charge in [0.1, 0.15) is 5.82 Å². The molecule has 0 amide bonds. The van der Waals surface area contributed by atoms with Crippen LogP contribution in [-0.2, 0) is 6.54 Å². The summed E-state index contributed by atoms with van der Waals surface area (Å²) in [6, 6.07) is 0.729. The van der Waals surface area contributed by atoms with Crippen molar-refractivity contribution in [2.45, 2.75) is 38.8 Å². The SMILES string of the molecule is Cc1nccn1CCNCC1CCCCN1C. The molecule has 96 valence electrons. The van der Waals surface area contributed by atoms with Gasteiger partial charge in [-0.2, -0.15) is 0 Å². The maximum atomic E-state index is 4.22. The zero-order valence-electron chi connectivity index (χ0n) is 11.0. The number of aryl methyl sites for hydroxylation is 1. The van der Waals surface area contributed by atoms with Crippen LogP contribution in [0, 0.1) is 6.92 Å². The lowest BCUT2D eigenvalue weighted by Crippen LogP contribution is -2.43. The van der Waals surface area contributed by atoms with Crippen molar-refractivity contribution < 1.29 is 0 Å². The van der Waals surface area contributed by atoms with E-state index in [-0.39, 0.29) is 0 Å². The van der Waals surface area contributed by atoms with Crippen molar-refractivity contribution in [3.8, 4) is 0 Å². The molecule has 2 rings (SSSR count). The van der Waals surface area contributed by atoms with E-state index >= 15 is 0 Å². The molecule has 1 N–H and O–H groups in total. The second-order valence-electron chi connectivity index (χ2n) is 5.00. The summed E-state index contributed by atoms with van der Waals surface area (Å²) in [4.78, 5) is 6.71. The maximum Gasteiger partial charge on any atom is 0.105 e. The second-order valence-corrected chi connectivity index (χ2v) is 5.00. The van der Waals surface area contributed by atoms with Crippen LogP contribution in [0.15, 0.2) is 12.4 Å². The molecular formula is C13H24N4. The van der Waals surface area contributed by atoms with Gasteiger partial charge in [0.25, 0.3) is 0 Å². The molecule has 4 nitrogen and oxygen atoms in total. The van der Waals surface area contributed by atoms with Crippen molar-refractivity contribution in [2.24, 2.45) is 0 Å². The molecule has 1 aliphatic heterocycles. The predicted molar refractivity (Wildman–Crippen MR) is 70.1 cm³/mol. The lowest BCUT2D eigenvalue weighted by atomic mass is 10.0. The molecule has 0 aliphatic carbocycles. The van der Waals surface area contributed by atoms with Gasteiger partial charge in [0.2, 0.25) is 0 Å². The Hall–Kier alpha value is -0.870. The highest BCUT2D eigenvalue weighted by molar-refractivity contribution is 4.88. The Balaban J connectivity index is 1.64. The Morgan fingerprint density at radius 2 is 2.35 bits per heavy atom. The lowest BCUT2D eigenvalue weighted by molar-refractivity contribution is 0.181. The molecule has 1 aromatic heterocycles. The van der Waals surface area contributed by atoms with Crippen LogP contribution >= 0.6 is 0 Å². The first kappa shape index (κ1) is 12.6. The van der Waals surface area contributed by atoms with Crippen LogP contribution in [0.2, 0.25) is 0 Å². The highest BCUT2D eigenvalue weighted by atomic mass is 15.2. The quantitative estimate of drug-likeness (QED) is 0.782. The molecule has 1 unspecified atom stereocenters. The molecule has 4 heteroatoms. The molecule has 17 heavy (non-hydrogen) atoms. The number of rotatable bonds is 5. The minimum absolute atomic E-state index is 0.729. The number of nitrogens with zero attached hydrogens (tertiary/aromatic N) is 3. The zero-order valence-corrected chi connectivity index (χ0v) is 11.0. The van der Waals surface area contributed by atoms with Gasteiger partial charge in [-0.15, -0.1) is 0 Å². The van der Waals surface area contributed by atoms with E-state index < -0.39 is 0 Å². The Morgan fingerprint density at radius 3 is 3.06 bits per heavy atom. The first-order valence-corrected chi connectivity index (χ1v) is 6.66. The summed E-state index contributed by atoms with van der Waals surface area (Å²) >= 11 is 0. The highest BCUT2D eigenvalue weighted by Crippen LogP contribution is 2.13. The minimum atomic E-state index is 0.729. The van der Waals surface area contributed by atoms with Gasteiger partial charge in [-0.05, 0) is 33.4 Å². The fraction of sp³-hybridized carbons (Fsp3) is 0.769. The molecule has 0 aromatic carbocycles. The fourth-order valence-electron chi connectivity index (χ4n) is 2.51. The summed E-state index contributed by atoms with van der Waals surface area (Å²) in [5, 5.41) is 3.56. The standard InChI is InChI=1S/C13H24N4/c1-12-15-7-10-17(12)9-6-14-11-13-5-3-4-8-16(13)2/h7,10,13-14H,3-6,8-9,11H2,1-2H3. The Morgan fingerprint density at radius 1 is 1.47 bits per heavy atom. The van der Waals surface area contributed by atoms with Gasteiger partial charge >= 0.3 is 0 Å². The van der Waals surface area contributed by atoms with E-state index in [0.29, 0.717) is 0 Å². The first-order valence-electron chi connectivity index (χ1n) is 6.66. The third-order valence-electron chi connectivity index (χ3n) is 3.75. The third kappa shape index (κ3) is 3.54. The van der Waals surface area contributed by atoms with Crippen LogP contribution in [0.25, 0.3) is 0 Å². The van der Waals surface area contributed by atoms with Crippen LogP contribution in [0.5, 0.6) is 0 Å². The van der Waals surface area contributed by atoms with E-state index in [4.69, 9.17) is 0 Å². The van der Waals surface area contributed by atoms with Gasteiger partial charge in [0.05, 0.1) is 0 Å². The van der Waals surface area contributed by atoms with Gasteiger partial charge in [0.15, 0.2) is 0 Å². The first-order chi connectivity index (χ1) is 8.27. The molecule has 1 aromatic rings. The highest BCUT2D eigenvalue weighted by Gasteiger charge is 2.17. The molecule has 0 saturated carbocycles. The van der Waals surface area contributed by atoms with E-state index in [2.05, 4.69) is 33.7 Å². The van der Waals surface area contributed by atoms with E-state index in [0.717, 1.165) is 31.5 Å². The average molecular weight is 236 g/mol. The van der Waals surface area contributed by atoms with Crippen molar-refractivity contribution in [2.75, 3.05) is 26.7 Å². The van der Waals surface area contributed by atoms with Crippen LogP contribution in [0.4, 0.5) is 0 Å². The lowest BCUT2D eigenvalue weighted by Gasteiger charge is -2.32. The molecule has 0 spiro atoms. The summed E-state index contributed by atoms with van der Waals surface area (Å²) in [5.74, 6) is 1.10. The van der Waals surface area contributed by atoms with Crippen LogP contribution in [-0.4, -0.2) is 47.2 Å². The molecule has 1 fully saturated rings. The Kier molecular flexibility index (Phi) is 4.57. The van der Waals surface area contributed by atoms with Gasteiger partial charge in [-0.1, -0.05) is 6.42 Å². The molecule has 0 bridgehead atoms. The van der Waals surface area contributed by atoms with Crippen molar-refractivity contribution >= 4 is 0 Å². The molecule has 2 heterocycles. The summed E-state index contributed by atoms with van der Waals surface area (Å²) in [6.45, 7) is 6.47. The normalized spacial score (nSPS) is 21.9. The number of likely N-dealkylation sites (N-methyl/N-ethyl adjacent to an activating group) is 1. The zero-order chi connectivity index (χ0) is 12.1. The Labute approximate surface area is 104 Å². The summed E-state index contributed by atoms with van der Waals surface area (Å²) in [6.07, 6.45) is 8.00. The maximum absolute atomic E-state index is 4.22. The number of aromatic nitrogens is 2. The van der Waals surface area contributed by atoms with E-state index in [1.807, 2.05) is 12.4 Å². The van der Waals surface area contributed by atoms with Crippen LogP contribution in [0.3, 0.4) is 0 Å². The van der Waals surface area contributed by atoms with Crippen molar-refractivity contribution in [1.29, 1.82) is 0 Å².